The number of ether oxygens (including phenoxy) is 1. The van der Waals surface area contributed by atoms with E-state index in [0.29, 0.717) is 19.4 Å². The summed E-state index contributed by atoms with van der Waals surface area (Å²) < 4.78 is 6.70. The number of fused-ring (bicyclic) bond motifs is 1. The SMILES string of the molecule is CCCC(C)NC(=O)C1N([C@H](CO)c2ccccc2)C(=O)[C@@H]2[C@H](C(=O)NCc3ccccc3)[C@]3(C)CCC12O3. The van der Waals surface area contributed by atoms with Gasteiger partial charge in [0.1, 0.15) is 11.6 Å². The van der Waals surface area contributed by atoms with Gasteiger partial charge in [0, 0.05) is 12.6 Å². The number of nitrogens with one attached hydrogen (secondary N) is 2. The third-order valence-corrected chi connectivity index (χ3v) is 8.86. The normalized spacial score (nSPS) is 30.6. The molecule has 0 saturated carbocycles. The van der Waals surface area contributed by atoms with Gasteiger partial charge in [-0.1, -0.05) is 74.0 Å². The van der Waals surface area contributed by atoms with Gasteiger partial charge in [-0.15, -0.1) is 0 Å². The average molecular weight is 534 g/mol. The smallest absolute Gasteiger partial charge is 0.246 e. The Balaban J connectivity index is 1.52. The summed E-state index contributed by atoms with van der Waals surface area (Å²) in [6, 6.07) is 17.1. The molecule has 2 aromatic rings. The fourth-order valence-electron chi connectivity index (χ4n) is 7.15. The standard InChI is InChI=1S/C31H39N3O5/c1-4-11-20(2)33-28(37)26-31-17-16-30(3,39-31)24(27(36)32-18-21-12-7-5-8-13-21)25(31)29(38)34(26)23(19-35)22-14-9-6-10-15-22/h5-10,12-15,20,23-26,35H,4,11,16-19H2,1-3H3,(H,32,36)(H,33,37)/t20?,23-,24-,25+,26?,30+,31?/m1/s1. The first-order chi connectivity index (χ1) is 18.8. The molecule has 5 rings (SSSR count). The average Bonchev–Trinajstić information content (AvgIpc) is 3.50. The van der Waals surface area contributed by atoms with Gasteiger partial charge < -0.3 is 25.4 Å². The fraction of sp³-hybridized carbons (Fsp3) is 0.516. The zero-order chi connectivity index (χ0) is 27.8. The Bertz CT molecular complexity index is 1210. The van der Waals surface area contributed by atoms with Gasteiger partial charge in [-0.05, 0) is 44.2 Å². The van der Waals surface area contributed by atoms with E-state index in [-0.39, 0.29) is 30.4 Å². The summed E-state index contributed by atoms with van der Waals surface area (Å²) in [6.45, 7) is 5.88. The van der Waals surface area contributed by atoms with Crippen LogP contribution in [-0.2, 0) is 25.7 Å². The van der Waals surface area contributed by atoms with Crippen LogP contribution in [0.25, 0.3) is 0 Å². The third-order valence-electron chi connectivity index (χ3n) is 8.86. The predicted octanol–water partition coefficient (Wildman–Crippen LogP) is 3.11. The number of carbonyl (C=O) groups excluding carboxylic acids is 3. The summed E-state index contributed by atoms with van der Waals surface area (Å²) in [7, 11) is 0. The van der Waals surface area contributed by atoms with E-state index >= 15 is 0 Å². The van der Waals surface area contributed by atoms with Crippen LogP contribution < -0.4 is 10.6 Å². The molecule has 2 aromatic carbocycles. The van der Waals surface area contributed by atoms with Crippen molar-refractivity contribution < 1.29 is 24.2 Å². The maximum atomic E-state index is 14.4. The van der Waals surface area contributed by atoms with Gasteiger partial charge in [-0.25, -0.2) is 0 Å². The van der Waals surface area contributed by atoms with Gasteiger partial charge in [0.15, 0.2) is 0 Å². The number of aliphatic hydroxyl groups excluding tert-OH is 1. The topological polar surface area (TPSA) is 108 Å². The molecule has 8 nitrogen and oxygen atoms in total. The number of nitrogens with zero attached hydrogens (tertiary/aromatic N) is 1. The lowest BCUT2D eigenvalue weighted by Gasteiger charge is -2.37. The summed E-state index contributed by atoms with van der Waals surface area (Å²) in [5.41, 5.74) is -0.309. The zero-order valence-corrected chi connectivity index (χ0v) is 22.9. The Hall–Kier alpha value is -3.23. The van der Waals surface area contributed by atoms with E-state index in [1.165, 1.54) is 4.90 Å². The van der Waals surface area contributed by atoms with Gasteiger partial charge in [-0.3, -0.25) is 14.4 Å². The van der Waals surface area contributed by atoms with E-state index in [4.69, 9.17) is 4.74 Å². The number of amides is 3. The number of hydrogen-bond donors (Lipinski definition) is 3. The maximum Gasteiger partial charge on any atom is 0.246 e. The summed E-state index contributed by atoms with van der Waals surface area (Å²) in [5.74, 6) is -2.42. The molecular formula is C31H39N3O5. The van der Waals surface area contributed by atoms with Crippen molar-refractivity contribution in [3.05, 3.63) is 71.8 Å². The van der Waals surface area contributed by atoms with Crippen molar-refractivity contribution in [2.75, 3.05) is 6.61 Å². The van der Waals surface area contributed by atoms with Gasteiger partial charge in [0.05, 0.1) is 30.1 Å². The van der Waals surface area contributed by atoms with E-state index in [1.807, 2.05) is 74.5 Å². The number of aliphatic hydroxyl groups is 1. The minimum absolute atomic E-state index is 0.0849. The van der Waals surface area contributed by atoms with Crippen molar-refractivity contribution >= 4 is 17.7 Å². The molecule has 0 radical (unpaired) electrons. The number of likely N-dealkylation sites (tertiary alicyclic amines) is 1. The van der Waals surface area contributed by atoms with Crippen LogP contribution in [0.3, 0.4) is 0 Å². The Morgan fingerprint density at radius 3 is 2.38 bits per heavy atom. The molecule has 1 spiro atoms. The Kier molecular flexibility index (Phi) is 7.53. The third kappa shape index (κ3) is 4.63. The monoisotopic (exact) mass is 533 g/mol. The summed E-state index contributed by atoms with van der Waals surface area (Å²) in [5, 5.41) is 16.7. The van der Waals surface area contributed by atoms with Crippen LogP contribution in [0.4, 0.5) is 0 Å². The highest BCUT2D eigenvalue weighted by atomic mass is 16.5. The van der Waals surface area contributed by atoms with Crippen LogP contribution in [-0.4, -0.2) is 57.6 Å². The van der Waals surface area contributed by atoms with E-state index in [1.54, 1.807) is 0 Å². The molecule has 3 amide bonds. The molecule has 3 fully saturated rings. The zero-order valence-electron chi connectivity index (χ0n) is 22.9. The van der Waals surface area contributed by atoms with E-state index in [2.05, 4.69) is 17.6 Å². The van der Waals surface area contributed by atoms with Crippen LogP contribution in [0.15, 0.2) is 60.7 Å². The molecule has 3 aliphatic heterocycles. The van der Waals surface area contributed by atoms with Crippen molar-refractivity contribution in [3.8, 4) is 0 Å². The van der Waals surface area contributed by atoms with Crippen LogP contribution >= 0.6 is 0 Å². The highest BCUT2D eigenvalue weighted by Gasteiger charge is 2.78. The lowest BCUT2D eigenvalue weighted by molar-refractivity contribution is -0.150. The molecule has 0 aliphatic carbocycles. The number of benzene rings is 2. The van der Waals surface area contributed by atoms with Crippen molar-refractivity contribution in [1.29, 1.82) is 0 Å². The first-order valence-electron chi connectivity index (χ1n) is 14.1. The van der Waals surface area contributed by atoms with Crippen molar-refractivity contribution in [3.63, 3.8) is 0 Å². The fourth-order valence-corrected chi connectivity index (χ4v) is 7.15. The molecule has 0 aromatic heterocycles. The van der Waals surface area contributed by atoms with Crippen LogP contribution in [0.1, 0.15) is 63.6 Å². The van der Waals surface area contributed by atoms with Crippen molar-refractivity contribution in [1.82, 2.24) is 15.5 Å². The highest BCUT2D eigenvalue weighted by Crippen LogP contribution is 2.64. The summed E-state index contributed by atoms with van der Waals surface area (Å²) in [4.78, 5) is 43.6. The molecule has 2 bridgehead atoms. The Labute approximate surface area is 230 Å². The molecular weight excluding hydrogens is 494 g/mol. The molecule has 39 heavy (non-hydrogen) atoms. The number of carbonyl (C=O) groups is 3. The quantitative estimate of drug-likeness (QED) is 0.435. The lowest BCUT2D eigenvalue weighted by Crippen LogP contribution is -2.57. The largest absolute Gasteiger partial charge is 0.394 e. The van der Waals surface area contributed by atoms with E-state index in [9.17, 15) is 19.5 Å². The second-order valence-corrected chi connectivity index (χ2v) is 11.5. The second kappa shape index (κ2) is 10.7. The highest BCUT2D eigenvalue weighted by molar-refractivity contribution is 5.99. The minimum Gasteiger partial charge on any atom is -0.394 e. The first-order valence-corrected chi connectivity index (χ1v) is 14.1. The summed E-state index contributed by atoms with van der Waals surface area (Å²) in [6.07, 6.45) is 2.77. The van der Waals surface area contributed by atoms with Crippen LogP contribution in [0, 0.1) is 11.8 Å². The first kappa shape index (κ1) is 27.3. The van der Waals surface area contributed by atoms with Crippen LogP contribution in [0.5, 0.6) is 0 Å². The molecule has 3 saturated heterocycles. The van der Waals surface area contributed by atoms with Gasteiger partial charge in [-0.2, -0.15) is 0 Å². The van der Waals surface area contributed by atoms with Gasteiger partial charge in [0.2, 0.25) is 17.7 Å². The number of rotatable bonds is 10. The minimum atomic E-state index is -1.14. The molecule has 3 unspecified atom stereocenters. The molecule has 3 N–H and O–H groups in total. The lowest BCUT2D eigenvalue weighted by atomic mass is 9.66. The predicted molar refractivity (Wildman–Crippen MR) is 146 cm³/mol. The number of hydrogen-bond acceptors (Lipinski definition) is 5. The van der Waals surface area contributed by atoms with Crippen molar-refractivity contribution in [2.45, 2.75) is 82.3 Å². The molecule has 208 valence electrons. The van der Waals surface area contributed by atoms with E-state index in [0.717, 1.165) is 24.0 Å². The van der Waals surface area contributed by atoms with Crippen LogP contribution in [0.2, 0.25) is 0 Å². The Morgan fingerprint density at radius 2 is 1.74 bits per heavy atom. The van der Waals surface area contributed by atoms with Gasteiger partial charge in [0.25, 0.3) is 0 Å². The molecule has 3 heterocycles. The molecule has 7 atom stereocenters. The second-order valence-electron chi connectivity index (χ2n) is 11.5. The summed E-state index contributed by atoms with van der Waals surface area (Å²) >= 11 is 0. The van der Waals surface area contributed by atoms with Gasteiger partial charge >= 0.3 is 0 Å². The van der Waals surface area contributed by atoms with E-state index < -0.39 is 35.1 Å². The maximum absolute atomic E-state index is 14.4. The Morgan fingerprint density at radius 1 is 1.08 bits per heavy atom. The molecule has 8 heteroatoms. The van der Waals surface area contributed by atoms with Crippen molar-refractivity contribution in [2.24, 2.45) is 11.8 Å². The molecule has 3 aliphatic rings.